The van der Waals surface area contributed by atoms with Crippen LogP contribution in [0.3, 0.4) is 0 Å². The van der Waals surface area contributed by atoms with E-state index in [1.54, 1.807) is 0 Å². The number of hydrogen-bond acceptors (Lipinski definition) is 2. The molecule has 2 nitrogen and oxygen atoms in total. The molecule has 0 unspecified atom stereocenters. The van der Waals surface area contributed by atoms with Crippen molar-refractivity contribution < 1.29 is 167 Å². The molecule has 0 atom stereocenters. The van der Waals surface area contributed by atoms with Crippen LogP contribution in [-0.2, 0) is 99.0 Å². The summed E-state index contributed by atoms with van der Waals surface area (Å²) in [6, 6.07) is 177. The van der Waals surface area contributed by atoms with E-state index in [-0.39, 0.29) is 221 Å². The predicted molar refractivity (Wildman–Crippen MR) is 556 cm³/mol. The molecule has 0 amide bonds. The summed E-state index contributed by atoms with van der Waals surface area (Å²) in [7, 11) is -2.78. The van der Waals surface area contributed by atoms with Gasteiger partial charge in [-0.05, 0) is 225 Å². The van der Waals surface area contributed by atoms with Crippen LogP contribution in [0.5, 0.6) is 0 Å². The van der Waals surface area contributed by atoms with E-state index >= 15 is 0 Å². The van der Waals surface area contributed by atoms with Gasteiger partial charge < -0.3 is 77.4 Å². The molecule has 16 aromatic rings. The molecule has 0 aliphatic carbocycles. The quantitative estimate of drug-likeness (QED) is 0.0309. The second-order valence-corrected chi connectivity index (χ2v) is 46.8. The molecule has 0 aromatic heterocycles. The Labute approximate surface area is 893 Å². The zero-order chi connectivity index (χ0) is 84.3. The molecule has 688 valence electrons. The van der Waals surface area contributed by atoms with Crippen LogP contribution < -0.4 is 153 Å². The fourth-order valence-corrected chi connectivity index (χ4v) is 35.6. The van der Waals surface area contributed by atoms with Crippen molar-refractivity contribution >= 4 is 148 Å². The summed E-state index contributed by atoms with van der Waals surface area (Å²) in [5.41, 5.74) is 0. The van der Waals surface area contributed by atoms with Gasteiger partial charge in [0.15, 0.2) is 0 Å². The van der Waals surface area contributed by atoms with Gasteiger partial charge in [-0.3, -0.25) is 0 Å². The third-order valence-electron chi connectivity index (χ3n) is 20.1. The maximum absolute atomic E-state index is 4.83. The smallest absolute Gasteiger partial charge is 1.00 e. The van der Waals surface area contributed by atoms with Gasteiger partial charge in [-0.25, -0.2) is 0 Å². The minimum Gasteiger partial charge on any atom is -1.00 e. The third-order valence-corrected chi connectivity index (χ3v) is 41.6. The van der Waals surface area contributed by atoms with Crippen LogP contribution in [0.25, 0.3) is 0 Å². The molecule has 0 saturated carbocycles. The Morgan fingerprint density at radius 1 is 0.123 bits per heavy atom. The Morgan fingerprint density at radius 2 is 0.185 bits per heavy atom. The summed E-state index contributed by atoms with van der Waals surface area (Å²) in [5.74, 6) is 0. The number of halogens is 4. The average molecular weight is 2850 g/mol. The molecule has 0 aliphatic heterocycles. The van der Waals surface area contributed by atoms with Gasteiger partial charge in [-0.15, -0.1) is 0 Å². The zero-order valence-electron chi connectivity index (χ0n) is 73.8. The SMILES string of the molecule is CCOCC.CCOCC.[Au+].[Au+].[Au+].[Au+].[Br-].[Br-].[Br-].[Br-].c1ccc(P(CCP(c2ccccc2)c2ccccc2)c2ccccc2)cc1.c1ccc(P(CCP(c2ccccc2)c2ccccc2)c2ccccc2)cc1.c1ccc(P(CCP(c2ccccc2)c2ccccc2)c2ccccc2)cc1.c1ccc(P(CCP(c2ccccc2)c2ccccc2)c2ccccc2)cc1. The van der Waals surface area contributed by atoms with Crippen molar-refractivity contribution in [2.75, 3.05) is 75.7 Å². The van der Waals surface area contributed by atoms with Gasteiger partial charge in [0.05, 0.1) is 0 Å². The number of hydrogen-bond donors (Lipinski definition) is 0. The van der Waals surface area contributed by atoms with Crippen molar-refractivity contribution in [1.82, 2.24) is 0 Å². The molecule has 0 aliphatic rings. The molecule has 0 radical (unpaired) electrons. The van der Waals surface area contributed by atoms with Crippen LogP contribution in [0, 0.1) is 0 Å². The molecular formula is C112H116Au4Br4O2P8. The van der Waals surface area contributed by atoms with E-state index < -0.39 is 0 Å². The van der Waals surface area contributed by atoms with Gasteiger partial charge in [-0.2, -0.15) is 0 Å². The first-order valence-electron chi connectivity index (χ1n) is 42.7. The monoisotopic (exact) mass is 2840 g/mol. The van der Waals surface area contributed by atoms with Crippen molar-refractivity contribution in [2.45, 2.75) is 27.7 Å². The Hall–Kier alpha value is -4.24. The van der Waals surface area contributed by atoms with Crippen molar-refractivity contribution in [1.29, 1.82) is 0 Å². The summed E-state index contributed by atoms with van der Waals surface area (Å²) in [4.78, 5) is 0. The Balaban J connectivity index is 0.000000422. The molecule has 130 heavy (non-hydrogen) atoms. The minimum atomic E-state index is -0.348. The van der Waals surface area contributed by atoms with E-state index in [2.05, 4.69) is 485 Å². The van der Waals surface area contributed by atoms with Crippen LogP contribution >= 0.6 is 63.4 Å². The first-order valence-corrected chi connectivity index (χ1v) is 54.9. The van der Waals surface area contributed by atoms with E-state index in [1.807, 2.05) is 27.7 Å². The van der Waals surface area contributed by atoms with E-state index in [0.29, 0.717) is 0 Å². The van der Waals surface area contributed by atoms with Gasteiger partial charge in [-0.1, -0.05) is 485 Å². The maximum Gasteiger partial charge on any atom is 1.00 e. The van der Waals surface area contributed by atoms with E-state index in [9.17, 15) is 0 Å². The summed E-state index contributed by atoms with van der Waals surface area (Å²) in [5, 5.41) is 23.6. The van der Waals surface area contributed by atoms with E-state index in [4.69, 9.17) is 9.47 Å². The average Bonchev–Trinajstić information content (AvgIpc) is 0.839. The molecular weight excluding hydrogens is 2730 g/mol. The molecule has 0 N–H and O–H groups in total. The number of rotatable bonds is 32. The van der Waals surface area contributed by atoms with Crippen molar-refractivity contribution in [3.63, 3.8) is 0 Å². The van der Waals surface area contributed by atoms with E-state index in [1.165, 1.54) is 134 Å². The molecule has 0 heterocycles. The first kappa shape index (κ1) is 120. The molecule has 16 aromatic carbocycles. The second kappa shape index (κ2) is 73.0. The fourth-order valence-electron chi connectivity index (χ4n) is 14.2. The van der Waals surface area contributed by atoms with Crippen LogP contribution in [0.15, 0.2) is 485 Å². The number of benzene rings is 16. The standard InChI is InChI=1S/4C26H24P2.2C4H10O.4Au.4BrH/c4*1-5-13-23(14-6-1)27(24-15-7-2-8-16-24)21-22-28(25-17-9-3-10-18-25)26-19-11-4-12-20-26;2*1-3-5-4-2;;;;;;;;/h4*1-20H,21-22H2;2*3-4H2,1-2H3;;;;;4*1H/q;;;;;;4*+1;;;;/p-4. The summed E-state index contributed by atoms with van der Waals surface area (Å²) in [6.45, 7) is 11.3. The summed E-state index contributed by atoms with van der Waals surface area (Å²) < 4.78 is 9.67. The first-order chi connectivity index (χ1) is 60.5. The van der Waals surface area contributed by atoms with Gasteiger partial charge in [0.25, 0.3) is 0 Å². The Kier molecular flexibility index (Phi) is 67.4. The predicted octanol–water partition coefficient (Wildman–Crippen LogP) is 11.1. The molecule has 0 bridgehead atoms. The van der Waals surface area contributed by atoms with Crippen molar-refractivity contribution in [3.05, 3.63) is 485 Å². The fraction of sp³-hybridized carbons (Fsp3) is 0.143. The molecule has 0 spiro atoms. The zero-order valence-corrected chi connectivity index (χ0v) is 96.0. The molecule has 0 saturated heterocycles. The topological polar surface area (TPSA) is 18.5 Å². The summed E-state index contributed by atoms with van der Waals surface area (Å²) in [6.07, 6.45) is 9.66. The molecule has 16 rings (SSSR count). The van der Waals surface area contributed by atoms with Gasteiger partial charge in [0.2, 0.25) is 0 Å². The summed E-state index contributed by atoms with van der Waals surface area (Å²) >= 11 is 0. The number of ether oxygens (including phenoxy) is 2. The van der Waals surface area contributed by atoms with Crippen LogP contribution in [0.1, 0.15) is 27.7 Å². The molecule has 18 heteroatoms. The second-order valence-electron chi connectivity index (χ2n) is 28.1. The Morgan fingerprint density at radius 3 is 0.231 bits per heavy atom. The Bertz CT molecular complexity index is 4010. The van der Waals surface area contributed by atoms with Crippen molar-refractivity contribution in [2.24, 2.45) is 0 Å². The normalized spacial score (nSPS) is 10.2. The minimum absolute atomic E-state index is 0. The molecule has 0 fully saturated rings. The van der Waals surface area contributed by atoms with Crippen LogP contribution in [-0.4, -0.2) is 75.7 Å². The van der Waals surface area contributed by atoms with E-state index in [0.717, 1.165) is 26.4 Å². The largest absolute Gasteiger partial charge is 1.00 e. The maximum atomic E-state index is 4.83. The van der Waals surface area contributed by atoms with Gasteiger partial charge in [0, 0.05) is 26.4 Å². The van der Waals surface area contributed by atoms with Crippen molar-refractivity contribution in [3.8, 4) is 0 Å². The van der Waals surface area contributed by atoms with Gasteiger partial charge >= 0.3 is 89.5 Å². The van der Waals surface area contributed by atoms with Crippen LogP contribution in [0.4, 0.5) is 0 Å². The van der Waals surface area contributed by atoms with Crippen LogP contribution in [0.2, 0.25) is 0 Å². The third kappa shape index (κ3) is 41.6. The van der Waals surface area contributed by atoms with Gasteiger partial charge in [0.1, 0.15) is 0 Å².